The van der Waals surface area contributed by atoms with Crippen molar-refractivity contribution in [2.75, 3.05) is 7.11 Å². The zero-order chi connectivity index (χ0) is 13.0. The SMILES string of the molecule is COC(C1CCCCC1)C(NN)c1sccc1Br. The Balaban J connectivity index is 2.15. The van der Waals surface area contributed by atoms with Crippen LogP contribution in [0.25, 0.3) is 0 Å². The lowest BCUT2D eigenvalue weighted by molar-refractivity contribution is 0.00823. The van der Waals surface area contributed by atoms with Gasteiger partial charge < -0.3 is 4.74 Å². The van der Waals surface area contributed by atoms with Crippen molar-refractivity contribution in [1.29, 1.82) is 0 Å². The first-order chi connectivity index (χ1) is 8.77. The molecule has 0 bridgehead atoms. The molecule has 2 atom stereocenters. The van der Waals surface area contributed by atoms with E-state index in [0.717, 1.165) is 4.47 Å². The van der Waals surface area contributed by atoms with Crippen molar-refractivity contribution in [2.45, 2.75) is 44.2 Å². The lowest BCUT2D eigenvalue weighted by Crippen LogP contribution is -2.41. The van der Waals surface area contributed by atoms with E-state index in [1.165, 1.54) is 37.0 Å². The molecule has 102 valence electrons. The lowest BCUT2D eigenvalue weighted by atomic mass is 9.82. The quantitative estimate of drug-likeness (QED) is 0.639. The molecule has 1 fully saturated rings. The summed E-state index contributed by atoms with van der Waals surface area (Å²) in [6, 6.07) is 2.14. The van der Waals surface area contributed by atoms with Crippen molar-refractivity contribution < 1.29 is 4.74 Å². The molecule has 3 N–H and O–H groups in total. The fourth-order valence-electron chi connectivity index (χ4n) is 2.91. The maximum atomic E-state index is 5.77. The molecule has 5 heteroatoms. The number of methoxy groups -OCH3 is 1. The summed E-state index contributed by atoms with van der Waals surface area (Å²) in [4.78, 5) is 1.23. The first kappa shape index (κ1) is 14.5. The molecular formula is C13H21BrN2OS. The summed E-state index contributed by atoms with van der Waals surface area (Å²) in [5, 5.41) is 2.08. The minimum atomic E-state index is 0.0764. The third-order valence-corrected chi connectivity index (χ3v) is 5.78. The van der Waals surface area contributed by atoms with Gasteiger partial charge in [-0.05, 0) is 46.1 Å². The van der Waals surface area contributed by atoms with Crippen LogP contribution in [0.5, 0.6) is 0 Å². The second-order valence-corrected chi connectivity index (χ2v) is 6.68. The van der Waals surface area contributed by atoms with Crippen LogP contribution in [0.1, 0.15) is 43.0 Å². The van der Waals surface area contributed by atoms with Crippen LogP contribution in [0.2, 0.25) is 0 Å². The van der Waals surface area contributed by atoms with E-state index in [9.17, 15) is 0 Å². The first-order valence-electron chi connectivity index (χ1n) is 6.49. The summed E-state index contributed by atoms with van der Waals surface area (Å²) < 4.78 is 6.88. The molecular weight excluding hydrogens is 312 g/mol. The molecule has 18 heavy (non-hydrogen) atoms. The van der Waals surface area contributed by atoms with E-state index in [0.29, 0.717) is 5.92 Å². The van der Waals surface area contributed by atoms with Crippen molar-refractivity contribution in [3.63, 3.8) is 0 Å². The van der Waals surface area contributed by atoms with Crippen molar-refractivity contribution >= 4 is 27.3 Å². The van der Waals surface area contributed by atoms with Gasteiger partial charge in [0.15, 0.2) is 0 Å². The fraction of sp³-hybridized carbons (Fsp3) is 0.692. The smallest absolute Gasteiger partial charge is 0.0828 e. The van der Waals surface area contributed by atoms with Crippen molar-refractivity contribution in [3.05, 3.63) is 20.8 Å². The Labute approximate surface area is 121 Å². The van der Waals surface area contributed by atoms with E-state index < -0.39 is 0 Å². The molecule has 0 saturated heterocycles. The van der Waals surface area contributed by atoms with Crippen LogP contribution in [-0.4, -0.2) is 13.2 Å². The lowest BCUT2D eigenvalue weighted by Gasteiger charge is -2.34. The average Bonchev–Trinajstić information content (AvgIpc) is 2.83. The molecule has 1 aromatic heterocycles. The van der Waals surface area contributed by atoms with Gasteiger partial charge in [0.1, 0.15) is 0 Å². The van der Waals surface area contributed by atoms with Crippen LogP contribution in [0.15, 0.2) is 15.9 Å². The Morgan fingerprint density at radius 2 is 2.17 bits per heavy atom. The van der Waals surface area contributed by atoms with Crippen LogP contribution in [-0.2, 0) is 4.74 Å². The number of halogens is 1. The molecule has 2 rings (SSSR count). The van der Waals surface area contributed by atoms with Gasteiger partial charge in [0.05, 0.1) is 12.1 Å². The van der Waals surface area contributed by atoms with E-state index in [2.05, 4.69) is 32.8 Å². The summed E-state index contributed by atoms with van der Waals surface area (Å²) in [5.41, 5.74) is 2.95. The van der Waals surface area contributed by atoms with Gasteiger partial charge >= 0.3 is 0 Å². The highest BCUT2D eigenvalue weighted by Crippen LogP contribution is 2.38. The summed E-state index contributed by atoms with van der Waals surface area (Å²) in [7, 11) is 1.80. The Morgan fingerprint density at radius 1 is 1.44 bits per heavy atom. The topological polar surface area (TPSA) is 47.3 Å². The fourth-order valence-corrected chi connectivity index (χ4v) is 4.62. The third kappa shape index (κ3) is 3.14. The molecule has 0 amide bonds. The minimum Gasteiger partial charge on any atom is -0.379 e. The van der Waals surface area contributed by atoms with Crippen LogP contribution in [0.4, 0.5) is 0 Å². The second kappa shape index (κ2) is 7.01. The molecule has 0 spiro atoms. The second-order valence-electron chi connectivity index (χ2n) is 4.88. The Morgan fingerprint density at radius 3 is 2.67 bits per heavy atom. The molecule has 1 aromatic rings. The van der Waals surface area contributed by atoms with Gasteiger partial charge in [-0.15, -0.1) is 11.3 Å². The predicted octanol–water partition coefficient (Wildman–Crippen LogP) is 3.61. The number of rotatable bonds is 5. The molecule has 1 heterocycles. The van der Waals surface area contributed by atoms with Crippen molar-refractivity contribution in [3.8, 4) is 0 Å². The molecule has 0 radical (unpaired) electrons. The van der Waals surface area contributed by atoms with Crippen LogP contribution >= 0.6 is 27.3 Å². The molecule has 0 aromatic carbocycles. The maximum Gasteiger partial charge on any atom is 0.0828 e. The number of nitrogens with one attached hydrogen (secondary N) is 1. The highest BCUT2D eigenvalue weighted by atomic mass is 79.9. The van der Waals surface area contributed by atoms with E-state index in [4.69, 9.17) is 10.6 Å². The zero-order valence-corrected chi connectivity index (χ0v) is 13.1. The first-order valence-corrected chi connectivity index (χ1v) is 8.17. The number of hydrazine groups is 1. The summed E-state index contributed by atoms with van der Waals surface area (Å²) in [6.45, 7) is 0. The highest BCUT2D eigenvalue weighted by molar-refractivity contribution is 9.10. The summed E-state index contributed by atoms with van der Waals surface area (Å²) in [6.07, 6.45) is 6.64. The predicted molar refractivity (Wildman–Crippen MR) is 79.5 cm³/mol. The van der Waals surface area contributed by atoms with E-state index in [1.807, 2.05) is 0 Å². The Kier molecular flexibility index (Phi) is 5.63. The number of ether oxygens (including phenoxy) is 1. The average molecular weight is 333 g/mol. The van der Waals surface area contributed by atoms with Gasteiger partial charge in [0.2, 0.25) is 0 Å². The van der Waals surface area contributed by atoms with Crippen LogP contribution in [0, 0.1) is 5.92 Å². The van der Waals surface area contributed by atoms with Crippen LogP contribution < -0.4 is 11.3 Å². The van der Waals surface area contributed by atoms with E-state index in [-0.39, 0.29) is 12.1 Å². The van der Waals surface area contributed by atoms with Gasteiger partial charge in [-0.3, -0.25) is 5.84 Å². The maximum absolute atomic E-state index is 5.77. The molecule has 3 nitrogen and oxygen atoms in total. The van der Waals surface area contributed by atoms with E-state index in [1.54, 1.807) is 18.4 Å². The van der Waals surface area contributed by atoms with Gasteiger partial charge in [0, 0.05) is 16.5 Å². The molecule has 0 aliphatic heterocycles. The standard InChI is InChI=1S/C13H21BrN2OS/c1-17-12(9-5-3-2-4-6-9)11(16-15)13-10(14)7-8-18-13/h7-9,11-12,16H,2-6,15H2,1H3. The van der Waals surface area contributed by atoms with Crippen molar-refractivity contribution in [2.24, 2.45) is 11.8 Å². The number of thiophene rings is 1. The number of hydrogen-bond acceptors (Lipinski definition) is 4. The molecule has 2 unspecified atom stereocenters. The number of nitrogens with two attached hydrogens (primary N) is 1. The minimum absolute atomic E-state index is 0.0764. The monoisotopic (exact) mass is 332 g/mol. The Hall–Kier alpha value is 0.0600. The highest BCUT2D eigenvalue weighted by Gasteiger charge is 2.32. The largest absolute Gasteiger partial charge is 0.379 e. The Bertz CT molecular complexity index is 366. The summed E-state index contributed by atoms with van der Waals surface area (Å²) in [5.74, 6) is 6.38. The molecule has 1 aliphatic carbocycles. The van der Waals surface area contributed by atoms with Gasteiger partial charge in [0.25, 0.3) is 0 Å². The van der Waals surface area contributed by atoms with Gasteiger partial charge in [-0.2, -0.15) is 0 Å². The normalized spacial score (nSPS) is 20.8. The van der Waals surface area contributed by atoms with E-state index >= 15 is 0 Å². The molecule has 1 aliphatic rings. The van der Waals surface area contributed by atoms with Gasteiger partial charge in [-0.1, -0.05) is 19.3 Å². The molecule has 1 saturated carbocycles. The van der Waals surface area contributed by atoms with Crippen molar-refractivity contribution in [1.82, 2.24) is 5.43 Å². The van der Waals surface area contributed by atoms with Crippen LogP contribution in [0.3, 0.4) is 0 Å². The number of hydrogen-bond donors (Lipinski definition) is 2. The van der Waals surface area contributed by atoms with Gasteiger partial charge in [-0.25, -0.2) is 5.43 Å². The zero-order valence-electron chi connectivity index (χ0n) is 10.7. The summed E-state index contributed by atoms with van der Waals surface area (Å²) >= 11 is 5.31. The third-order valence-electron chi connectivity index (χ3n) is 3.82.